The van der Waals surface area contributed by atoms with E-state index in [4.69, 9.17) is 9.11 Å². The van der Waals surface area contributed by atoms with Gasteiger partial charge in [-0.25, -0.2) is 16.8 Å². The largest absolute Gasteiger partial charge is 0.397 e. The number of hydrogen-bond acceptors (Lipinski definition) is 11. The highest BCUT2D eigenvalue weighted by molar-refractivity contribution is 7.91. The van der Waals surface area contributed by atoms with Gasteiger partial charge in [0.25, 0.3) is 0 Å². The Bertz CT molecular complexity index is 1290. The van der Waals surface area contributed by atoms with Gasteiger partial charge < -0.3 is 4.90 Å². The Kier molecular flexibility index (Phi) is 9.63. The molecule has 0 aliphatic heterocycles. The van der Waals surface area contributed by atoms with Crippen LogP contribution in [0.25, 0.3) is 0 Å². The maximum absolute atomic E-state index is 12.2. The molecule has 0 atom stereocenters. The van der Waals surface area contributed by atoms with E-state index in [2.05, 4.69) is 18.6 Å². The fraction of sp³-hybridized carbons (Fsp3) is 0.333. The summed E-state index contributed by atoms with van der Waals surface area (Å²) in [4.78, 5) is 1.75. The van der Waals surface area contributed by atoms with Crippen LogP contribution in [0.3, 0.4) is 0 Å². The average Bonchev–Trinajstić information content (AvgIpc) is 2.74. The lowest BCUT2D eigenvalue weighted by atomic mass is 10.2. The summed E-state index contributed by atoms with van der Waals surface area (Å²) >= 11 is 0. The van der Waals surface area contributed by atoms with E-state index in [1.165, 1.54) is 24.3 Å². The van der Waals surface area contributed by atoms with E-state index in [1.54, 1.807) is 24.3 Å². The van der Waals surface area contributed by atoms with Gasteiger partial charge in [0.2, 0.25) is 0 Å². The Hall–Kier alpha value is -2.47. The van der Waals surface area contributed by atoms with Gasteiger partial charge in [-0.15, -0.1) is 0 Å². The minimum Gasteiger partial charge on any atom is -0.369 e. The molecule has 34 heavy (non-hydrogen) atoms. The molecule has 0 bridgehead atoms. The van der Waals surface area contributed by atoms with Crippen molar-refractivity contribution in [3.8, 4) is 0 Å². The number of hydrogen-bond donors (Lipinski definition) is 2. The SMILES string of the molecule is CCN(CCOS(=O)(=O)O)c1ccc(N=Nc2ccc(S(=O)(=O)CCOS(=O)(=O)O)cc2)cc1. The molecule has 2 N–H and O–H groups in total. The Balaban J connectivity index is 1.98. The molecule has 2 aromatic carbocycles. The van der Waals surface area contributed by atoms with Crippen molar-refractivity contribution in [1.82, 2.24) is 0 Å². The molecule has 188 valence electrons. The summed E-state index contributed by atoms with van der Waals surface area (Å²) in [5.74, 6) is -0.642. The maximum atomic E-state index is 12.2. The van der Waals surface area contributed by atoms with Crippen LogP contribution in [0.1, 0.15) is 6.92 Å². The molecular weight excluding hydrogens is 514 g/mol. The van der Waals surface area contributed by atoms with E-state index < -0.39 is 43.0 Å². The van der Waals surface area contributed by atoms with Crippen molar-refractivity contribution in [2.75, 3.05) is 37.0 Å². The quantitative estimate of drug-likeness (QED) is 0.282. The molecule has 0 saturated carbocycles. The summed E-state index contributed by atoms with van der Waals surface area (Å²) in [6.07, 6.45) is 0. The topological polar surface area (TPSA) is 189 Å². The number of azo groups is 1. The number of nitrogens with zero attached hydrogens (tertiary/aromatic N) is 3. The lowest BCUT2D eigenvalue weighted by Crippen LogP contribution is -2.27. The first-order valence-electron chi connectivity index (χ1n) is 9.62. The van der Waals surface area contributed by atoms with Crippen LogP contribution < -0.4 is 4.90 Å². The second kappa shape index (κ2) is 11.8. The van der Waals surface area contributed by atoms with Gasteiger partial charge in [0.1, 0.15) is 0 Å². The molecule has 0 aliphatic carbocycles. The molecule has 0 radical (unpaired) electrons. The molecule has 16 heteroatoms. The zero-order valence-corrected chi connectivity index (χ0v) is 20.3. The first kappa shape index (κ1) is 27.8. The van der Waals surface area contributed by atoms with Gasteiger partial charge in [-0.2, -0.15) is 27.1 Å². The maximum Gasteiger partial charge on any atom is 0.397 e. The van der Waals surface area contributed by atoms with E-state index in [1.807, 2.05) is 11.8 Å². The van der Waals surface area contributed by atoms with Crippen molar-refractivity contribution in [1.29, 1.82) is 0 Å². The first-order valence-corrected chi connectivity index (χ1v) is 14.0. The molecule has 0 spiro atoms. The number of sulfone groups is 1. The van der Waals surface area contributed by atoms with E-state index in [0.717, 1.165) is 5.69 Å². The number of likely N-dealkylation sites (N-methyl/N-ethyl adjacent to an activating group) is 1. The lowest BCUT2D eigenvalue weighted by molar-refractivity contribution is 0.273. The predicted molar refractivity (Wildman–Crippen MR) is 122 cm³/mol. The molecule has 0 aliphatic rings. The van der Waals surface area contributed by atoms with Crippen molar-refractivity contribution in [3.05, 3.63) is 48.5 Å². The Morgan fingerprint density at radius 1 is 0.765 bits per heavy atom. The highest BCUT2D eigenvalue weighted by Gasteiger charge is 2.16. The summed E-state index contributed by atoms with van der Waals surface area (Å²) in [7, 11) is -13.0. The number of rotatable bonds is 13. The molecule has 2 aromatic rings. The smallest absolute Gasteiger partial charge is 0.369 e. The third kappa shape index (κ3) is 9.80. The molecular formula is C18H23N3O10S3. The van der Waals surface area contributed by atoms with Crippen molar-refractivity contribution < 1.29 is 42.7 Å². The Labute approximate surface area is 197 Å². The van der Waals surface area contributed by atoms with Crippen molar-refractivity contribution in [3.63, 3.8) is 0 Å². The summed E-state index contributed by atoms with van der Waals surface area (Å²) < 4.78 is 92.1. The van der Waals surface area contributed by atoms with Crippen molar-refractivity contribution in [2.45, 2.75) is 11.8 Å². The van der Waals surface area contributed by atoms with Crippen LogP contribution in [-0.2, 0) is 39.0 Å². The van der Waals surface area contributed by atoms with Crippen LogP contribution >= 0.6 is 0 Å². The van der Waals surface area contributed by atoms with E-state index in [9.17, 15) is 25.3 Å². The van der Waals surface area contributed by atoms with Crippen molar-refractivity contribution >= 4 is 47.7 Å². The minimum atomic E-state index is -4.72. The van der Waals surface area contributed by atoms with Crippen LogP contribution in [0.2, 0.25) is 0 Å². The van der Waals surface area contributed by atoms with E-state index >= 15 is 0 Å². The average molecular weight is 538 g/mol. The Morgan fingerprint density at radius 3 is 1.71 bits per heavy atom. The standard InChI is InChI=1S/C18H23N3O10S3/c1-2-21(11-12-30-33(24,25)26)17-7-3-15(4-8-17)19-20-16-5-9-18(10-6-16)32(22,23)14-13-31-34(27,28)29/h3-10H,2,11-14H2,1H3,(H,24,25,26)(H,27,28,29). The molecule has 0 saturated heterocycles. The highest BCUT2D eigenvalue weighted by atomic mass is 32.3. The molecule has 0 aromatic heterocycles. The summed E-state index contributed by atoms with van der Waals surface area (Å²) in [5, 5.41) is 8.10. The van der Waals surface area contributed by atoms with E-state index in [-0.39, 0.29) is 18.0 Å². The lowest BCUT2D eigenvalue weighted by Gasteiger charge is -2.22. The van der Waals surface area contributed by atoms with Crippen LogP contribution in [0, 0.1) is 0 Å². The second-order valence-corrected chi connectivity index (χ2v) is 10.9. The summed E-state index contributed by atoms with van der Waals surface area (Å²) in [5.41, 5.74) is 1.65. The van der Waals surface area contributed by atoms with Crippen LogP contribution in [0.15, 0.2) is 63.7 Å². The molecule has 2 rings (SSSR count). The first-order chi connectivity index (χ1) is 15.8. The van der Waals surface area contributed by atoms with Crippen LogP contribution in [-0.4, -0.2) is 66.4 Å². The van der Waals surface area contributed by atoms with Crippen LogP contribution in [0.4, 0.5) is 17.1 Å². The third-order valence-electron chi connectivity index (χ3n) is 4.25. The number of anilines is 1. The molecule has 13 nitrogen and oxygen atoms in total. The van der Waals surface area contributed by atoms with Crippen molar-refractivity contribution in [2.24, 2.45) is 10.2 Å². The van der Waals surface area contributed by atoms with Gasteiger partial charge in [0, 0.05) is 18.8 Å². The molecule has 0 amide bonds. The molecule has 0 fully saturated rings. The Morgan fingerprint density at radius 2 is 1.24 bits per heavy atom. The van der Waals surface area contributed by atoms with Gasteiger partial charge in [-0.05, 0) is 55.5 Å². The third-order valence-corrected chi connectivity index (χ3v) is 6.87. The fourth-order valence-corrected chi connectivity index (χ4v) is 4.43. The van der Waals surface area contributed by atoms with Crippen LogP contribution in [0.5, 0.6) is 0 Å². The van der Waals surface area contributed by atoms with Gasteiger partial charge in [-0.3, -0.25) is 9.11 Å². The van der Waals surface area contributed by atoms with Gasteiger partial charge in [0.05, 0.1) is 35.2 Å². The predicted octanol–water partition coefficient (Wildman–Crippen LogP) is 2.34. The monoisotopic (exact) mass is 537 g/mol. The molecule has 0 unspecified atom stereocenters. The number of benzene rings is 2. The van der Waals surface area contributed by atoms with Gasteiger partial charge >= 0.3 is 20.8 Å². The summed E-state index contributed by atoms with van der Waals surface area (Å²) in [6, 6.07) is 12.3. The second-order valence-electron chi connectivity index (χ2n) is 6.61. The minimum absolute atomic E-state index is 0.0765. The zero-order valence-electron chi connectivity index (χ0n) is 17.9. The van der Waals surface area contributed by atoms with E-state index in [0.29, 0.717) is 17.9 Å². The fourth-order valence-electron chi connectivity index (χ4n) is 2.66. The van der Waals surface area contributed by atoms with Gasteiger partial charge in [-0.1, -0.05) is 0 Å². The highest BCUT2D eigenvalue weighted by Crippen LogP contribution is 2.23. The summed E-state index contributed by atoms with van der Waals surface area (Å²) in [6.45, 7) is 1.72. The molecule has 0 heterocycles. The zero-order chi connectivity index (χ0) is 25.4. The van der Waals surface area contributed by atoms with Gasteiger partial charge in [0.15, 0.2) is 9.84 Å². The normalized spacial score (nSPS) is 12.8.